The Kier molecular flexibility index (Phi) is 9.52. The number of ether oxygens (including phenoxy) is 2. The molecule has 0 fully saturated rings. The molecule has 35 heavy (non-hydrogen) atoms. The summed E-state index contributed by atoms with van der Waals surface area (Å²) in [6.07, 6.45) is -0.233. The minimum absolute atomic E-state index is 0.0838. The van der Waals surface area contributed by atoms with Crippen LogP contribution in [0.3, 0.4) is 0 Å². The Labute approximate surface area is 213 Å². The number of benzene rings is 3. The van der Waals surface area contributed by atoms with Crippen LogP contribution in [0.25, 0.3) is 0 Å². The number of rotatable bonds is 10. The van der Waals surface area contributed by atoms with E-state index in [2.05, 4.69) is 10.6 Å². The van der Waals surface area contributed by atoms with Crippen LogP contribution < -0.4 is 15.4 Å². The summed E-state index contributed by atoms with van der Waals surface area (Å²) in [5.41, 5.74) is 1.48. The average Bonchev–Trinajstić information content (AvgIpc) is 2.85. The van der Waals surface area contributed by atoms with Gasteiger partial charge in [-0.05, 0) is 55.0 Å². The maximum absolute atomic E-state index is 12.2. The van der Waals surface area contributed by atoms with Crippen LogP contribution in [0.15, 0.2) is 72.8 Å². The Morgan fingerprint density at radius 2 is 1.60 bits per heavy atom. The molecular weight excluding hydrogens is 491 g/mol. The molecule has 0 saturated carbocycles. The number of halogens is 2. The molecule has 0 aromatic heterocycles. The molecule has 0 bridgehead atoms. The summed E-state index contributed by atoms with van der Waals surface area (Å²) < 4.78 is 10.7. The summed E-state index contributed by atoms with van der Waals surface area (Å²) in [6, 6.07) is 20.8. The highest BCUT2D eigenvalue weighted by Gasteiger charge is 2.13. The van der Waals surface area contributed by atoms with Crippen LogP contribution in [-0.4, -0.2) is 24.4 Å². The van der Waals surface area contributed by atoms with E-state index in [0.717, 1.165) is 5.56 Å². The first kappa shape index (κ1) is 26.1. The van der Waals surface area contributed by atoms with Gasteiger partial charge in [0.2, 0.25) is 5.91 Å². The summed E-state index contributed by atoms with van der Waals surface area (Å²) in [4.78, 5) is 36.1. The first-order valence-electron chi connectivity index (χ1n) is 10.8. The zero-order chi connectivity index (χ0) is 25.2. The van der Waals surface area contributed by atoms with E-state index >= 15 is 0 Å². The van der Waals surface area contributed by atoms with Crippen LogP contribution in [0.1, 0.15) is 31.4 Å². The lowest BCUT2D eigenvalue weighted by atomic mass is 10.1. The Balaban J connectivity index is 1.37. The Hall–Kier alpha value is -3.55. The normalized spacial score (nSPS) is 11.3. The first-order valence-corrected chi connectivity index (χ1v) is 11.6. The van der Waals surface area contributed by atoms with E-state index in [1.54, 1.807) is 42.5 Å². The predicted octanol–water partition coefficient (Wildman–Crippen LogP) is 5.93. The first-order chi connectivity index (χ1) is 16.8. The van der Waals surface area contributed by atoms with Crippen molar-refractivity contribution in [1.82, 2.24) is 5.32 Å². The van der Waals surface area contributed by atoms with Crippen LogP contribution in [-0.2, 0) is 19.1 Å². The lowest BCUT2D eigenvalue weighted by Gasteiger charge is -2.14. The zero-order valence-corrected chi connectivity index (χ0v) is 20.4. The van der Waals surface area contributed by atoms with Gasteiger partial charge < -0.3 is 20.1 Å². The van der Waals surface area contributed by atoms with E-state index in [-0.39, 0.29) is 24.8 Å². The number of hydrogen-bond donors (Lipinski definition) is 2. The van der Waals surface area contributed by atoms with Crippen molar-refractivity contribution in [3.05, 3.63) is 88.4 Å². The SMILES string of the molecule is C[C@@H](NC(=O)COC(=O)CCC(=O)Nc1ccc(Oc2ccc(Cl)cc2Cl)cc1)c1ccccc1. The van der Waals surface area contributed by atoms with E-state index in [0.29, 0.717) is 27.2 Å². The Morgan fingerprint density at radius 1 is 0.886 bits per heavy atom. The lowest BCUT2D eigenvalue weighted by molar-refractivity contribution is -0.149. The highest BCUT2D eigenvalue weighted by atomic mass is 35.5. The van der Waals surface area contributed by atoms with E-state index in [1.807, 2.05) is 37.3 Å². The van der Waals surface area contributed by atoms with Gasteiger partial charge in [-0.2, -0.15) is 0 Å². The molecular formula is C26H24Cl2N2O5. The topological polar surface area (TPSA) is 93.7 Å². The third-order valence-electron chi connectivity index (χ3n) is 4.86. The maximum atomic E-state index is 12.2. The molecule has 0 aliphatic heterocycles. The summed E-state index contributed by atoms with van der Waals surface area (Å²) >= 11 is 12.0. The summed E-state index contributed by atoms with van der Waals surface area (Å²) in [5.74, 6) is -0.434. The van der Waals surface area contributed by atoms with E-state index in [4.69, 9.17) is 32.7 Å². The Bertz CT molecular complexity index is 1170. The summed E-state index contributed by atoms with van der Waals surface area (Å²) in [5, 5.41) is 6.33. The van der Waals surface area contributed by atoms with Crippen molar-refractivity contribution in [2.75, 3.05) is 11.9 Å². The summed E-state index contributed by atoms with van der Waals surface area (Å²) in [6.45, 7) is 1.43. The fourth-order valence-electron chi connectivity index (χ4n) is 3.06. The van der Waals surface area contributed by atoms with Crippen LogP contribution in [0, 0.1) is 0 Å². The second-order valence-corrected chi connectivity index (χ2v) is 8.45. The standard InChI is InChI=1S/C26H24Cl2N2O5/c1-17(18-5-3-2-4-6-18)29-25(32)16-34-26(33)14-13-24(31)30-20-8-10-21(11-9-20)35-23-12-7-19(27)15-22(23)28/h2-12,15,17H,13-14,16H2,1H3,(H,29,32)(H,30,31)/t17-/m1/s1. The molecule has 3 aromatic rings. The van der Waals surface area contributed by atoms with E-state index in [9.17, 15) is 14.4 Å². The molecule has 0 heterocycles. The van der Waals surface area contributed by atoms with Crippen molar-refractivity contribution in [1.29, 1.82) is 0 Å². The molecule has 2 amide bonds. The largest absolute Gasteiger partial charge is 0.456 e. The van der Waals surface area contributed by atoms with Crippen molar-refractivity contribution in [3.8, 4) is 11.5 Å². The third-order valence-corrected chi connectivity index (χ3v) is 5.39. The number of amides is 2. The van der Waals surface area contributed by atoms with E-state index in [1.165, 1.54) is 0 Å². The second-order valence-electron chi connectivity index (χ2n) is 7.61. The molecule has 3 aromatic carbocycles. The fraction of sp³-hybridized carbons (Fsp3) is 0.192. The van der Waals surface area contributed by atoms with Crippen molar-refractivity contribution in [3.63, 3.8) is 0 Å². The van der Waals surface area contributed by atoms with Crippen molar-refractivity contribution in [2.24, 2.45) is 0 Å². The van der Waals surface area contributed by atoms with Gasteiger partial charge >= 0.3 is 5.97 Å². The molecule has 3 rings (SSSR count). The minimum atomic E-state index is -0.633. The molecule has 0 unspecified atom stereocenters. The monoisotopic (exact) mass is 514 g/mol. The molecule has 2 N–H and O–H groups in total. The highest BCUT2D eigenvalue weighted by Crippen LogP contribution is 2.32. The van der Waals surface area contributed by atoms with Crippen LogP contribution >= 0.6 is 23.2 Å². The Morgan fingerprint density at radius 3 is 2.29 bits per heavy atom. The van der Waals surface area contributed by atoms with Gasteiger partial charge in [0.05, 0.1) is 17.5 Å². The van der Waals surface area contributed by atoms with Gasteiger partial charge in [-0.3, -0.25) is 14.4 Å². The molecule has 0 saturated heterocycles. The summed E-state index contributed by atoms with van der Waals surface area (Å²) in [7, 11) is 0. The number of esters is 1. The van der Waals surface area contributed by atoms with Crippen LogP contribution in [0.4, 0.5) is 5.69 Å². The van der Waals surface area contributed by atoms with Crippen molar-refractivity contribution in [2.45, 2.75) is 25.8 Å². The molecule has 0 aliphatic carbocycles. The smallest absolute Gasteiger partial charge is 0.306 e. The molecule has 182 valence electrons. The van der Waals surface area contributed by atoms with Gasteiger partial charge in [0.15, 0.2) is 6.61 Å². The lowest BCUT2D eigenvalue weighted by Crippen LogP contribution is -2.31. The molecule has 0 aliphatic rings. The second kappa shape index (κ2) is 12.8. The van der Waals surface area contributed by atoms with Gasteiger partial charge in [-0.1, -0.05) is 53.5 Å². The minimum Gasteiger partial charge on any atom is -0.456 e. The molecule has 9 heteroatoms. The highest BCUT2D eigenvalue weighted by molar-refractivity contribution is 6.35. The van der Waals surface area contributed by atoms with Crippen molar-refractivity contribution >= 4 is 46.7 Å². The molecule has 1 atom stereocenters. The van der Waals surface area contributed by atoms with Crippen LogP contribution in [0.5, 0.6) is 11.5 Å². The zero-order valence-electron chi connectivity index (χ0n) is 18.9. The van der Waals surface area contributed by atoms with Gasteiger partial charge in [-0.15, -0.1) is 0 Å². The van der Waals surface area contributed by atoms with Gasteiger partial charge in [-0.25, -0.2) is 0 Å². The molecule has 7 nitrogen and oxygen atoms in total. The van der Waals surface area contributed by atoms with E-state index < -0.39 is 18.5 Å². The fourth-order valence-corrected chi connectivity index (χ4v) is 3.50. The van der Waals surface area contributed by atoms with Gasteiger partial charge in [0.1, 0.15) is 11.5 Å². The molecule has 0 radical (unpaired) electrons. The number of anilines is 1. The van der Waals surface area contributed by atoms with Gasteiger partial charge in [0.25, 0.3) is 5.91 Å². The van der Waals surface area contributed by atoms with Gasteiger partial charge in [0, 0.05) is 17.1 Å². The van der Waals surface area contributed by atoms with Crippen LogP contribution in [0.2, 0.25) is 10.0 Å². The predicted molar refractivity (Wildman–Crippen MR) is 135 cm³/mol. The van der Waals surface area contributed by atoms with Crippen molar-refractivity contribution < 1.29 is 23.9 Å². The molecule has 0 spiro atoms. The quantitative estimate of drug-likeness (QED) is 0.327. The maximum Gasteiger partial charge on any atom is 0.306 e. The number of carbonyl (C=O) groups is 3. The average molecular weight is 515 g/mol. The third kappa shape index (κ3) is 8.63. The number of nitrogens with one attached hydrogen (secondary N) is 2. The number of hydrogen-bond acceptors (Lipinski definition) is 5. The number of carbonyl (C=O) groups excluding carboxylic acids is 3.